The molecule has 0 atom stereocenters. The Morgan fingerprint density at radius 3 is 2.04 bits per heavy atom. The van der Waals surface area contributed by atoms with Gasteiger partial charge in [0.05, 0.1) is 11.2 Å². The summed E-state index contributed by atoms with van der Waals surface area (Å²) in [5.74, 6) is 2.04. The van der Waals surface area contributed by atoms with Crippen molar-refractivity contribution in [2.75, 3.05) is 0 Å². The van der Waals surface area contributed by atoms with Gasteiger partial charge in [0, 0.05) is 27.8 Å². The summed E-state index contributed by atoms with van der Waals surface area (Å²) >= 11 is 0. The maximum Gasteiger partial charge on any atom is 0.164 e. The molecule has 0 bridgehead atoms. The van der Waals surface area contributed by atoms with Crippen LogP contribution in [0.1, 0.15) is 36.8 Å². The summed E-state index contributed by atoms with van der Waals surface area (Å²) < 4.78 is 2.38. The second kappa shape index (κ2) is 13.2. The first-order chi connectivity index (χ1) is 24.2. The van der Waals surface area contributed by atoms with E-state index < -0.39 is 0 Å². The molecule has 1 aliphatic rings. The number of para-hydroxylation sites is 1. The van der Waals surface area contributed by atoms with Crippen LogP contribution >= 0.6 is 0 Å². The number of rotatable bonds is 6. The Morgan fingerprint density at radius 1 is 0.592 bits per heavy atom. The topological polar surface area (TPSA) is 43.6 Å². The van der Waals surface area contributed by atoms with Crippen LogP contribution in [0.5, 0.6) is 0 Å². The summed E-state index contributed by atoms with van der Waals surface area (Å²) in [7, 11) is 0. The molecule has 236 valence electrons. The standard InChI is InChI=1S/C45H36N4/c1-3-32-16-10-11-21-36(32)30-42-31(2)38-22-14-15-25-41(38)49(42)37-28-26-33(27-29-37)39-23-12-13-24-40(39)45-47-43(34-17-6-4-7-18-34)46-44(48-45)35-19-8-5-9-20-35/h3-4,6-8,10-30H,5,9H2,1-2H3/b32-3-,36-30-. The van der Waals surface area contributed by atoms with Gasteiger partial charge in [0.2, 0.25) is 0 Å². The summed E-state index contributed by atoms with van der Waals surface area (Å²) in [5.41, 5.74) is 9.90. The minimum absolute atomic E-state index is 0.665. The maximum atomic E-state index is 5.05. The van der Waals surface area contributed by atoms with E-state index in [1.54, 1.807) is 0 Å². The molecule has 4 nitrogen and oxygen atoms in total. The zero-order valence-corrected chi connectivity index (χ0v) is 27.7. The van der Waals surface area contributed by atoms with Crippen LogP contribution in [-0.4, -0.2) is 19.5 Å². The quantitative estimate of drug-likeness (QED) is 0.183. The molecule has 0 saturated carbocycles. The smallest absolute Gasteiger partial charge is 0.164 e. The van der Waals surface area contributed by atoms with Crippen LogP contribution in [0.2, 0.25) is 0 Å². The zero-order chi connectivity index (χ0) is 33.2. The lowest BCUT2D eigenvalue weighted by Gasteiger charge is -2.14. The molecule has 0 radical (unpaired) electrons. The molecule has 0 saturated heterocycles. The van der Waals surface area contributed by atoms with Crippen molar-refractivity contribution >= 4 is 28.6 Å². The Hall–Kier alpha value is -6.13. The van der Waals surface area contributed by atoms with Gasteiger partial charge in [-0.25, -0.2) is 15.0 Å². The molecule has 7 aromatic rings. The highest BCUT2D eigenvalue weighted by atomic mass is 15.0. The van der Waals surface area contributed by atoms with Crippen molar-refractivity contribution in [1.29, 1.82) is 0 Å². The molecular weight excluding hydrogens is 597 g/mol. The summed E-state index contributed by atoms with van der Waals surface area (Å²) in [6.45, 7) is 4.32. The average Bonchev–Trinajstić information content (AvgIpc) is 3.46. The van der Waals surface area contributed by atoms with Gasteiger partial charge in [-0.05, 0) is 78.1 Å². The van der Waals surface area contributed by atoms with Crippen molar-refractivity contribution in [3.8, 4) is 39.6 Å². The minimum Gasteiger partial charge on any atom is -0.310 e. The average molecular weight is 633 g/mol. The lowest BCUT2D eigenvalue weighted by molar-refractivity contribution is 1.01. The van der Waals surface area contributed by atoms with Gasteiger partial charge < -0.3 is 4.57 Å². The molecular formula is C45H36N4. The second-order valence-corrected chi connectivity index (χ2v) is 12.3. The molecule has 0 fully saturated rings. The lowest BCUT2D eigenvalue weighted by atomic mass is 9.98. The van der Waals surface area contributed by atoms with Gasteiger partial charge in [-0.3, -0.25) is 0 Å². The van der Waals surface area contributed by atoms with Gasteiger partial charge in [-0.2, -0.15) is 0 Å². The first kappa shape index (κ1) is 30.2. The van der Waals surface area contributed by atoms with Crippen molar-refractivity contribution in [3.63, 3.8) is 0 Å². The molecule has 2 heterocycles. The van der Waals surface area contributed by atoms with Crippen molar-refractivity contribution < 1.29 is 0 Å². The molecule has 0 unspecified atom stereocenters. The van der Waals surface area contributed by atoms with Crippen molar-refractivity contribution in [2.45, 2.75) is 26.7 Å². The van der Waals surface area contributed by atoms with E-state index in [1.807, 2.05) is 18.2 Å². The molecule has 0 amide bonds. The van der Waals surface area contributed by atoms with Crippen LogP contribution in [0.15, 0.2) is 146 Å². The first-order valence-electron chi connectivity index (χ1n) is 16.9. The molecule has 8 rings (SSSR count). The highest BCUT2D eigenvalue weighted by Gasteiger charge is 2.18. The van der Waals surface area contributed by atoms with Crippen LogP contribution in [-0.2, 0) is 0 Å². The van der Waals surface area contributed by atoms with Crippen LogP contribution < -0.4 is 10.4 Å². The Bertz CT molecular complexity index is 2500. The third kappa shape index (κ3) is 5.83. The van der Waals surface area contributed by atoms with E-state index >= 15 is 0 Å². The van der Waals surface area contributed by atoms with E-state index in [1.165, 1.54) is 32.6 Å². The largest absolute Gasteiger partial charge is 0.310 e. The number of aryl methyl sites for hydroxylation is 1. The Morgan fingerprint density at radius 2 is 1.27 bits per heavy atom. The fraction of sp³-hybridized carbons (Fsp3) is 0.0889. The van der Waals surface area contributed by atoms with Crippen LogP contribution in [0.25, 0.3) is 68.2 Å². The fourth-order valence-electron chi connectivity index (χ4n) is 6.77. The number of nitrogens with zero attached hydrogens (tertiary/aromatic N) is 4. The molecule has 0 spiro atoms. The third-order valence-electron chi connectivity index (χ3n) is 9.30. The number of hydrogen-bond acceptors (Lipinski definition) is 3. The molecule has 1 aliphatic carbocycles. The number of aromatic nitrogens is 4. The van der Waals surface area contributed by atoms with E-state index in [9.17, 15) is 0 Å². The van der Waals surface area contributed by atoms with Crippen LogP contribution in [0.3, 0.4) is 0 Å². The van der Waals surface area contributed by atoms with Gasteiger partial charge >= 0.3 is 0 Å². The second-order valence-electron chi connectivity index (χ2n) is 12.3. The number of allylic oxidation sites excluding steroid dienone is 4. The Kier molecular flexibility index (Phi) is 8.12. The van der Waals surface area contributed by atoms with E-state index in [4.69, 9.17) is 15.0 Å². The number of hydrogen-bond donors (Lipinski definition) is 0. The van der Waals surface area contributed by atoms with Crippen molar-refractivity contribution in [3.05, 3.63) is 173 Å². The lowest BCUT2D eigenvalue weighted by Crippen LogP contribution is -2.23. The number of fused-ring (bicyclic) bond motifs is 1. The monoisotopic (exact) mass is 632 g/mol. The molecule has 0 aliphatic heterocycles. The van der Waals surface area contributed by atoms with Crippen molar-refractivity contribution in [2.24, 2.45) is 0 Å². The maximum absolute atomic E-state index is 5.05. The summed E-state index contributed by atoms with van der Waals surface area (Å²) in [6, 6.07) is 44.6. The van der Waals surface area contributed by atoms with Gasteiger partial charge in [-0.1, -0.05) is 133 Å². The van der Waals surface area contributed by atoms with Gasteiger partial charge in [0.25, 0.3) is 0 Å². The molecule has 5 aromatic carbocycles. The fourth-order valence-corrected chi connectivity index (χ4v) is 6.77. The molecule has 49 heavy (non-hydrogen) atoms. The third-order valence-corrected chi connectivity index (χ3v) is 9.30. The Labute approximate surface area is 286 Å². The van der Waals surface area contributed by atoms with E-state index in [0.29, 0.717) is 17.5 Å². The predicted octanol–water partition coefficient (Wildman–Crippen LogP) is 9.49. The van der Waals surface area contributed by atoms with E-state index in [-0.39, 0.29) is 0 Å². The number of benzene rings is 5. The first-order valence-corrected chi connectivity index (χ1v) is 16.9. The van der Waals surface area contributed by atoms with Gasteiger partial charge in [0.15, 0.2) is 17.5 Å². The molecule has 0 N–H and O–H groups in total. The minimum atomic E-state index is 0.665. The summed E-state index contributed by atoms with van der Waals surface area (Å²) in [6.07, 6.45) is 13.0. The normalized spacial score (nSPS) is 13.6. The summed E-state index contributed by atoms with van der Waals surface area (Å²) in [4.78, 5) is 15.0. The van der Waals surface area contributed by atoms with E-state index in [2.05, 4.69) is 158 Å². The summed E-state index contributed by atoms with van der Waals surface area (Å²) in [5, 5.41) is 3.68. The predicted molar refractivity (Wildman–Crippen MR) is 203 cm³/mol. The van der Waals surface area contributed by atoms with Crippen LogP contribution in [0, 0.1) is 6.92 Å². The highest BCUT2D eigenvalue weighted by Crippen LogP contribution is 2.34. The van der Waals surface area contributed by atoms with Crippen molar-refractivity contribution in [1.82, 2.24) is 19.5 Å². The van der Waals surface area contributed by atoms with Gasteiger partial charge in [0.1, 0.15) is 0 Å². The van der Waals surface area contributed by atoms with Gasteiger partial charge in [-0.15, -0.1) is 0 Å². The Balaban J connectivity index is 1.25. The zero-order valence-electron chi connectivity index (χ0n) is 27.7. The SMILES string of the molecule is C/C=c1/cccc/c1=C/c1c(C)c2ccccc2n1-c1ccc(-c2ccccc2-c2nc(C3=CCCC=C3)nc(-c3ccccc3)n2)cc1. The van der Waals surface area contributed by atoms with Crippen LogP contribution in [0.4, 0.5) is 0 Å². The van der Waals surface area contributed by atoms with E-state index in [0.717, 1.165) is 46.4 Å². The molecule has 4 heteroatoms. The molecule has 2 aromatic heterocycles. The highest BCUT2D eigenvalue weighted by molar-refractivity contribution is 5.90.